The van der Waals surface area contributed by atoms with Crippen LogP contribution >= 0.6 is 23.2 Å². The van der Waals surface area contributed by atoms with Crippen LogP contribution in [0.15, 0.2) is 126 Å². The average Bonchev–Trinajstić information content (AvgIpc) is 3.17. The molecule has 0 saturated carbocycles. The van der Waals surface area contributed by atoms with Crippen molar-refractivity contribution in [1.82, 2.24) is 19.2 Å². The van der Waals surface area contributed by atoms with Gasteiger partial charge in [-0.3, -0.25) is 14.8 Å². The van der Waals surface area contributed by atoms with Gasteiger partial charge >= 0.3 is 10.1 Å². The Morgan fingerprint density at radius 3 is 2.00 bits per heavy atom. The lowest BCUT2D eigenvalue weighted by atomic mass is 10.0. The highest BCUT2D eigenvalue weighted by Gasteiger charge is 2.37. The minimum absolute atomic E-state index is 0.00226. The number of fused-ring (bicyclic) bond motifs is 2. The number of anilines is 1. The number of piperazine rings is 1. The SMILES string of the molecule is CN([C@@H](Cc1ccc(OS(=O)(=O)c2cccc3cnccc23)cc1)C(=O)N1CCN(c2ccc(Cl)c(Cl)c2)CC1)S(=O)(=O)c1cccc2cnccc12. The van der Waals surface area contributed by atoms with Crippen molar-refractivity contribution in [3.63, 3.8) is 0 Å². The van der Waals surface area contributed by atoms with Crippen molar-refractivity contribution < 1.29 is 25.8 Å². The Morgan fingerprint density at radius 2 is 1.38 bits per heavy atom. The molecule has 0 radical (unpaired) electrons. The molecule has 2 aromatic heterocycles. The molecule has 0 bridgehead atoms. The molecule has 0 N–H and O–H groups in total. The normalized spacial score (nSPS) is 14.5. The largest absolute Gasteiger partial charge is 0.379 e. The number of halogens is 2. The lowest BCUT2D eigenvalue weighted by Gasteiger charge is -2.39. The summed E-state index contributed by atoms with van der Waals surface area (Å²) < 4.78 is 61.9. The van der Waals surface area contributed by atoms with E-state index in [0.717, 1.165) is 9.99 Å². The molecule has 0 unspecified atom stereocenters. The summed E-state index contributed by atoms with van der Waals surface area (Å²) in [6.45, 7) is 1.68. The third-order valence-corrected chi connectivity index (χ3v) is 13.3. The first-order chi connectivity index (χ1) is 25.4. The van der Waals surface area contributed by atoms with Crippen molar-refractivity contribution in [2.24, 2.45) is 0 Å². The zero-order chi connectivity index (χ0) is 37.3. The zero-order valence-electron chi connectivity index (χ0n) is 28.3. The van der Waals surface area contributed by atoms with Crippen molar-refractivity contribution in [1.29, 1.82) is 0 Å². The van der Waals surface area contributed by atoms with Crippen LogP contribution in [0, 0.1) is 0 Å². The van der Waals surface area contributed by atoms with Crippen LogP contribution in [0.4, 0.5) is 5.69 Å². The number of carbonyl (C=O) groups is 1. The van der Waals surface area contributed by atoms with Crippen molar-refractivity contribution in [2.75, 3.05) is 38.1 Å². The monoisotopic (exact) mass is 789 g/mol. The molecule has 0 aliphatic carbocycles. The van der Waals surface area contributed by atoms with E-state index in [-0.39, 0.29) is 27.9 Å². The molecule has 53 heavy (non-hydrogen) atoms. The van der Waals surface area contributed by atoms with Crippen molar-refractivity contribution in [3.8, 4) is 5.75 Å². The number of hydrogen-bond acceptors (Lipinski definition) is 9. The molecular formula is C38H33Cl2N5O6S2. The van der Waals surface area contributed by atoms with E-state index in [1.54, 1.807) is 78.0 Å². The maximum absolute atomic E-state index is 14.4. The molecule has 1 amide bonds. The topological polar surface area (TPSA) is 130 Å². The quantitative estimate of drug-likeness (QED) is 0.144. The van der Waals surface area contributed by atoms with Gasteiger partial charge in [-0.15, -0.1) is 0 Å². The van der Waals surface area contributed by atoms with Crippen LogP contribution in [-0.4, -0.2) is 81.2 Å². The van der Waals surface area contributed by atoms with Crippen molar-refractivity contribution in [3.05, 3.63) is 131 Å². The van der Waals surface area contributed by atoms with Gasteiger partial charge in [0.15, 0.2) is 0 Å². The van der Waals surface area contributed by atoms with Crippen LogP contribution in [0.5, 0.6) is 5.75 Å². The first-order valence-electron chi connectivity index (χ1n) is 16.6. The lowest BCUT2D eigenvalue weighted by molar-refractivity contribution is -0.135. The Kier molecular flexibility index (Phi) is 10.3. The van der Waals surface area contributed by atoms with E-state index in [9.17, 15) is 21.6 Å². The highest BCUT2D eigenvalue weighted by atomic mass is 35.5. The predicted molar refractivity (Wildman–Crippen MR) is 205 cm³/mol. The summed E-state index contributed by atoms with van der Waals surface area (Å²) in [5, 5.41) is 3.14. The Morgan fingerprint density at radius 1 is 0.774 bits per heavy atom. The second-order valence-corrected chi connectivity index (χ2v) is 16.8. The number of likely N-dealkylation sites (N-methyl/N-ethyl adjacent to an activating group) is 1. The molecular weight excluding hydrogens is 757 g/mol. The molecule has 1 aliphatic rings. The van der Waals surface area contributed by atoms with Gasteiger partial charge in [-0.05, 0) is 66.6 Å². The van der Waals surface area contributed by atoms with Crippen LogP contribution in [0.2, 0.25) is 10.0 Å². The summed E-state index contributed by atoms with van der Waals surface area (Å²) in [5.41, 5.74) is 1.47. The number of nitrogens with zero attached hydrogens (tertiary/aromatic N) is 5. The van der Waals surface area contributed by atoms with Crippen LogP contribution in [0.1, 0.15) is 5.56 Å². The Balaban J connectivity index is 1.15. The highest BCUT2D eigenvalue weighted by molar-refractivity contribution is 7.89. The number of aromatic nitrogens is 2. The number of pyridine rings is 2. The third kappa shape index (κ3) is 7.53. The minimum atomic E-state index is -4.21. The lowest BCUT2D eigenvalue weighted by Crippen LogP contribution is -2.56. The first kappa shape index (κ1) is 36.6. The summed E-state index contributed by atoms with van der Waals surface area (Å²) >= 11 is 12.4. The number of sulfonamides is 1. The second-order valence-electron chi connectivity index (χ2n) is 12.5. The van der Waals surface area contributed by atoms with Crippen LogP contribution < -0.4 is 9.08 Å². The maximum atomic E-state index is 14.4. The second kappa shape index (κ2) is 14.9. The Labute approximate surface area is 317 Å². The van der Waals surface area contributed by atoms with Gasteiger partial charge in [0, 0.05) is 85.2 Å². The summed E-state index contributed by atoms with van der Waals surface area (Å²) in [6.07, 6.45) is 6.21. The molecule has 272 valence electrons. The average molecular weight is 791 g/mol. The number of benzene rings is 4. The van der Waals surface area contributed by atoms with E-state index in [2.05, 4.69) is 14.9 Å². The van der Waals surface area contributed by atoms with Gasteiger partial charge in [0.1, 0.15) is 16.7 Å². The molecule has 15 heteroatoms. The zero-order valence-corrected chi connectivity index (χ0v) is 31.5. The van der Waals surface area contributed by atoms with Gasteiger partial charge in [-0.25, -0.2) is 8.42 Å². The van der Waals surface area contributed by atoms with Gasteiger partial charge in [0.25, 0.3) is 0 Å². The molecule has 1 saturated heterocycles. The Hall–Kier alpha value is -4.79. The van der Waals surface area contributed by atoms with Gasteiger partial charge in [0.2, 0.25) is 15.9 Å². The van der Waals surface area contributed by atoms with Gasteiger partial charge < -0.3 is 14.0 Å². The molecule has 1 fully saturated rings. The van der Waals surface area contributed by atoms with E-state index in [0.29, 0.717) is 63.3 Å². The van der Waals surface area contributed by atoms with Crippen molar-refractivity contribution >= 4 is 76.5 Å². The van der Waals surface area contributed by atoms with Gasteiger partial charge in [-0.1, -0.05) is 59.6 Å². The smallest absolute Gasteiger partial charge is 0.339 e. The molecule has 7 rings (SSSR count). The first-order valence-corrected chi connectivity index (χ1v) is 20.2. The minimum Gasteiger partial charge on any atom is -0.379 e. The summed E-state index contributed by atoms with van der Waals surface area (Å²) in [5.74, 6) is -0.299. The molecule has 6 aromatic rings. The maximum Gasteiger partial charge on any atom is 0.339 e. The highest BCUT2D eigenvalue weighted by Crippen LogP contribution is 2.31. The van der Waals surface area contributed by atoms with Crippen molar-refractivity contribution in [2.45, 2.75) is 22.3 Å². The fourth-order valence-electron chi connectivity index (χ4n) is 6.48. The molecule has 3 heterocycles. The van der Waals surface area contributed by atoms with Gasteiger partial charge in [-0.2, -0.15) is 12.7 Å². The number of hydrogen-bond donors (Lipinski definition) is 0. The summed E-state index contributed by atoms with van der Waals surface area (Å²) in [6, 6.07) is 23.5. The van der Waals surface area contributed by atoms with E-state index in [1.165, 1.54) is 43.7 Å². The number of amides is 1. The van der Waals surface area contributed by atoms with E-state index in [1.807, 2.05) is 6.07 Å². The molecule has 4 aromatic carbocycles. The number of carbonyl (C=O) groups excluding carboxylic acids is 1. The van der Waals surface area contributed by atoms with E-state index < -0.39 is 26.2 Å². The molecule has 1 atom stereocenters. The third-order valence-electron chi connectivity index (χ3n) is 9.35. The summed E-state index contributed by atoms with van der Waals surface area (Å²) in [4.78, 5) is 26.4. The number of rotatable bonds is 10. The van der Waals surface area contributed by atoms with E-state index >= 15 is 0 Å². The van der Waals surface area contributed by atoms with Crippen LogP contribution in [0.25, 0.3) is 21.5 Å². The molecule has 1 aliphatic heterocycles. The van der Waals surface area contributed by atoms with E-state index in [4.69, 9.17) is 27.4 Å². The molecule has 11 nitrogen and oxygen atoms in total. The fraction of sp³-hybridized carbons (Fsp3) is 0.184. The van der Waals surface area contributed by atoms with Crippen LogP contribution in [-0.2, 0) is 31.4 Å². The van der Waals surface area contributed by atoms with Crippen LogP contribution in [0.3, 0.4) is 0 Å². The summed E-state index contributed by atoms with van der Waals surface area (Å²) in [7, 11) is -7.00. The van der Waals surface area contributed by atoms with Gasteiger partial charge in [0.05, 0.1) is 14.9 Å². The fourth-order valence-corrected chi connectivity index (χ4v) is 9.45. The molecule has 0 spiro atoms. The predicted octanol–water partition coefficient (Wildman–Crippen LogP) is 6.44. The standard InChI is InChI=1S/C38H33Cl2N5O6S2/c1-43(52(47,48)36-6-2-4-27-24-41-16-14-31(27)36)35(38(46)45-20-18-44(19-21-45)29-10-13-33(39)34(40)23-29)22-26-8-11-30(12-9-26)51-53(49,50)37-7-3-5-28-25-42-17-15-32(28)37/h2-17,23-25,35H,18-22H2,1H3/t35-/m0/s1. The Bertz CT molecular complexity index is 2540.